The lowest BCUT2D eigenvalue weighted by Crippen LogP contribution is -2.24. The van der Waals surface area contributed by atoms with Crippen LogP contribution in [0.3, 0.4) is 0 Å². The van der Waals surface area contributed by atoms with Crippen LogP contribution in [0.25, 0.3) is 0 Å². The summed E-state index contributed by atoms with van der Waals surface area (Å²) >= 11 is 3.47. The SMILES string of the molecule is CCC(N)Cc1ccc(N(C)CC(F)F)cc1Br. The van der Waals surface area contributed by atoms with Crippen molar-refractivity contribution in [2.75, 3.05) is 18.5 Å². The van der Waals surface area contributed by atoms with E-state index in [1.807, 2.05) is 25.1 Å². The second-order valence-electron chi connectivity index (χ2n) is 4.42. The average molecular weight is 321 g/mol. The zero-order valence-corrected chi connectivity index (χ0v) is 12.3. The summed E-state index contributed by atoms with van der Waals surface area (Å²) in [6.07, 6.45) is -0.628. The molecule has 0 spiro atoms. The summed E-state index contributed by atoms with van der Waals surface area (Å²) in [5, 5.41) is 0. The largest absolute Gasteiger partial charge is 0.369 e. The Labute approximate surface area is 115 Å². The van der Waals surface area contributed by atoms with Crippen molar-refractivity contribution in [3.8, 4) is 0 Å². The zero-order chi connectivity index (χ0) is 13.7. The van der Waals surface area contributed by atoms with Gasteiger partial charge in [-0.3, -0.25) is 0 Å². The molecule has 0 aromatic heterocycles. The van der Waals surface area contributed by atoms with Crippen molar-refractivity contribution in [3.05, 3.63) is 28.2 Å². The average Bonchev–Trinajstić information content (AvgIpc) is 2.30. The lowest BCUT2D eigenvalue weighted by molar-refractivity contribution is 0.156. The zero-order valence-electron chi connectivity index (χ0n) is 10.7. The predicted octanol–water partition coefficient (Wildman–Crippen LogP) is 3.43. The highest BCUT2D eigenvalue weighted by Gasteiger charge is 2.11. The topological polar surface area (TPSA) is 29.3 Å². The van der Waals surface area contributed by atoms with Gasteiger partial charge in [-0.1, -0.05) is 28.9 Å². The maximum atomic E-state index is 12.3. The lowest BCUT2D eigenvalue weighted by atomic mass is 10.0. The molecular weight excluding hydrogens is 302 g/mol. The van der Waals surface area contributed by atoms with E-state index in [1.54, 1.807) is 11.9 Å². The molecule has 0 amide bonds. The molecule has 0 fully saturated rings. The third kappa shape index (κ3) is 4.53. The van der Waals surface area contributed by atoms with Crippen LogP contribution in [0.5, 0.6) is 0 Å². The van der Waals surface area contributed by atoms with Crippen LogP contribution in [0.1, 0.15) is 18.9 Å². The first-order valence-electron chi connectivity index (χ1n) is 5.97. The van der Waals surface area contributed by atoms with Gasteiger partial charge in [0.2, 0.25) is 0 Å². The van der Waals surface area contributed by atoms with Crippen molar-refractivity contribution < 1.29 is 8.78 Å². The molecule has 0 bridgehead atoms. The van der Waals surface area contributed by atoms with Gasteiger partial charge in [0, 0.05) is 23.2 Å². The van der Waals surface area contributed by atoms with Crippen LogP contribution in [0, 0.1) is 0 Å². The van der Waals surface area contributed by atoms with E-state index in [0.717, 1.165) is 28.6 Å². The fraction of sp³-hybridized carbons (Fsp3) is 0.538. The third-order valence-corrected chi connectivity index (χ3v) is 3.63. The first-order valence-corrected chi connectivity index (χ1v) is 6.76. The monoisotopic (exact) mass is 320 g/mol. The second-order valence-corrected chi connectivity index (χ2v) is 5.27. The molecule has 1 unspecified atom stereocenters. The van der Waals surface area contributed by atoms with Gasteiger partial charge in [0.05, 0.1) is 6.54 Å². The Balaban J connectivity index is 2.78. The molecule has 18 heavy (non-hydrogen) atoms. The smallest absolute Gasteiger partial charge is 0.255 e. The highest BCUT2D eigenvalue weighted by molar-refractivity contribution is 9.10. The minimum atomic E-state index is -2.33. The first kappa shape index (κ1) is 15.4. The summed E-state index contributed by atoms with van der Waals surface area (Å²) < 4.78 is 25.5. The Bertz CT molecular complexity index is 385. The summed E-state index contributed by atoms with van der Waals surface area (Å²) in [5.41, 5.74) is 7.79. The third-order valence-electron chi connectivity index (χ3n) is 2.90. The number of benzene rings is 1. The van der Waals surface area contributed by atoms with Crippen LogP contribution >= 0.6 is 15.9 Å². The van der Waals surface area contributed by atoms with Crippen LogP contribution < -0.4 is 10.6 Å². The van der Waals surface area contributed by atoms with Crippen molar-refractivity contribution in [2.24, 2.45) is 5.73 Å². The van der Waals surface area contributed by atoms with E-state index in [2.05, 4.69) is 15.9 Å². The molecule has 1 aromatic rings. The van der Waals surface area contributed by atoms with Crippen LogP contribution in [-0.4, -0.2) is 26.1 Å². The molecule has 1 aromatic carbocycles. The minimum absolute atomic E-state index is 0.131. The second kappa shape index (κ2) is 7.04. The highest BCUT2D eigenvalue weighted by atomic mass is 79.9. The molecule has 2 N–H and O–H groups in total. The summed E-state index contributed by atoms with van der Waals surface area (Å²) in [6.45, 7) is 1.78. The van der Waals surface area contributed by atoms with E-state index in [9.17, 15) is 8.78 Å². The number of nitrogens with two attached hydrogens (primary N) is 1. The highest BCUT2D eigenvalue weighted by Crippen LogP contribution is 2.25. The van der Waals surface area contributed by atoms with Gasteiger partial charge in [-0.15, -0.1) is 0 Å². The van der Waals surface area contributed by atoms with Crippen molar-refractivity contribution in [1.29, 1.82) is 0 Å². The molecule has 1 rings (SSSR count). The van der Waals surface area contributed by atoms with Gasteiger partial charge >= 0.3 is 0 Å². The number of rotatable bonds is 6. The van der Waals surface area contributed by atoms with Crippen molar-refractivity contribution in [1.82, 2.24) is 0 Å². The maximum absolute atomic E-state index is 12.3. The van der Waals surface area contributed by atoms with E-state index in [-0.39, 0.29) is 12.6 Å². The van der Waals surface area contributed by atoms with Crippen LogP contribution in [0.2, 0.25) is 0 Å². The summed E-state index contributed by atoms with van der Waals surface area (Å²) in [5.74, 6) is 0. The predicted molar refractivity (Wildman–Crippen MR) is 75.4 cm³/mol. The molecule has 0 saturated carbocycles. The molecule has 102 valence electrons. The van der Waals surface area contributed by atoms with Gasteiger partial charge in [0.1, 0.15) is 0 Å². The van der Waals surface area contributed by atoms with Gasteiger partial charge < -0.3 is 10.6 Å². The van der Waals surface area contributed by atoms with Crippen molar-refractivity contribution in [3.63, 3.8) is 0 Å². The normalized spacial score (nSPS) is 12.8. The van der Waals surface area contributed by atoms with E-state index < -0.39 is 6.43 Å². The summed E-state index contributed by atoms with van der Waals surface area (Å²) in [4.78, 5) is 1.54. The molecule has 0 saturated heterocycles. The van der Waals surface area contributed by atoms with Crippen LogP contribution in [-0.2, 0) is 6.42 Å². The number of hydrogen-bond acceptors (Lipinski definition) is 2. The van der Waals surface area contributed by atoms with E-state index in [1.165, 1.54) is 0 Å². The fourth-order valence-corrected chi connectivity index (χ4v) is 2.21. The number of anilines is 1. The number of halogens is 3. The Morgan fingerprint density at radius 1 is 1.39 bits per heavy atom. The first-order chi connectivity index (χ1) is 8.43. The van der Waals surface area contributed by atoms with E-state index in [4.69, 9.17) is 5.73 Å². The Morgan fingerprint density at radius 3 is 2.56 bits per heavy atom. The molecule has 2 nitrogen and oxygen atoms in total. The van der Waals surface area contributed by atoms with Crippen molar-refractivity contribution >= 4 is 21.6 Å². The minimum Gasteiger partial charge on any atom is -0.369 e. The molecule has 0 aliphatic rings. The number of nitrogens with zero attached hydrogens (tertiary/aromatic N) is 1. The van der Waals surface area contributed by atoms with Gasteiger partial charge in [0.15, 0.2) is 0 Å². The van der Waals surface area contributed by atoms with Gasteiger partial charge in [0.25, 0.3) is 6.43 Å². The lowest BCUT2D eigenvalue weighted by Gasteiger charge is -2.20. The summed E-state index contributed by atoms with van der Waals surface area (Å²) in [7, 11) is 1.66. The molecule has 0 radical (unpaired) electrons. The summed E-state index contributed by atoms with van der Waals surface area (Å²) in [6, 6.07) is 5.79. The Hall–Kier alpha value is -0.680. The molecule has 0 aliphatic carbocycles. The van der Waals surface area contributed by atoms with Crippen LogP contribution in [0.15, 0.2) is 22.7 Å². The van der Waals surface area contributed by atoms with Gasteiger partial charge in [-0.25, -0.2) is 8.78 Å². The molecule has 1 atom stereocenters. The van der Waals surface area contributed by atoms with Gasteiger partial charge in [-0.2, -0.15) is 0 Å². The van der Waals surface area contributed by atoms with Crippen LogP contribution in [0.4, 0.5) is 14.5 Å². The molecule has 5 heteroatoms. The quantitative estimate of drug-likeness (QED) is 0.870. The Kier molecular flexibility index (Phi) is 6.02. The number of hydrogen-bond donors (Lipinski definition) is 1. The number of alkyl halides is 2. The van der Waals surface area contributed by atoms with E-state index >= 15 is 0 Å². The molecular formula is C13H19BrF2N2. The standard InChI is InChI=1S/C13H19BrF2N2/c1-3-10(17)6-9-4-5-11(7-12(9)14)18(2)8-13(15)16/h4-5,7,10,13H,3,6,8,17H2,1-2H3. The maximum Gasteiger partial charge on any atom is 0.255 e. The molecule has 0 aliphatic heterocycles. The van der Waals surface area contributed by atoms with Gasteiger partial charge in [-0.05, 0) is 30.5 Å². The van der Waals surface area contributed by atoms with Crippen molar-refractivity contribution in [2.45, 2.75) is 32.2 Å². The Morgan fingerprint density at radius 2 is 2.06 bits per heavy atom. The molecule has 0 heterocycles. The van der Waals surface area contributed by atoms with E-state index in [0.29, 0.717) is 0 Å². The fourth-order valence-electron chi connectivity index (χ4n) is 1.68.